The maximum atomic E-state index is 11.6. The Morgan fingerprint density at radius 2 is 2.07 bits per heavy atom. The van der Waals surface area contributed by atoms with Gasteiger partial charge in [0.05, 0.1) is 0 Å². The van der Waals surface area contributed by atoms with Gasteiger partial charge in [0.15, 0.2) is 0 Å². The van der Waals surface area contributed by atoms with Crippen LogP contribution in [0.5, 0.6) is 0 Å². The topological polar surface area (TPSA) is 46.3 Å². The molecule has 1 amide bonds. The molecule has 0 spiro atoms. The average molecular weight is 198 g/mol. The number of nitrogens with two attached hydrogens (primary N) is 1. The monoisotopic (exact) mass is 198 g/mol. The molecule has 0 aliphatic carbocycles. The molecular weight excluding hydrogens is 176 g/mol. The molecule has 1 heterocycles. The Hall–Kier alpha value is -0.570. The zero-order valence-corrected chi connectivity index (χ0v) is 9.49. The number of hydrogen-bond donors (Lipinski definition) is 1. The molecule has 14 heavy (non-hydrogen) atoms. The summed E-state index contributed by atoms with van der Waals surface area (Å²) in [5, 5.41) is 0. The van der Waals surface area contributed by atoms with Gasteiger partial charge >= 0.3 is 0 Å². The molecule has 1 aliphatic rings. The molecule has 2 unspecified atom stereocenters. The van der Waals surface area contributed by atoms with Crippen molar-refractivity contribution in [2.75, 3.05) is 6.54 Å². The fourth-order valence-corrected chi connectivity index (χ4v) is 2.38. The molecule has 1 rings (SSSR count). The van der Waals surface area contributed by atoms with Crippen LogP contribution in [0.2, 0.25) is 0 Å². The molecule has 1 saturated heterocycles. The van der Waals surface area contributed by atoms with Crippen LogP contribution in [0.4, 0.5) is 0 Å². The summed E-state index contributed by atoms with van der Waals surface area (Å²) in [7, 11) is 0. The van der Waals surface area contributed by atoms with Crippen LogP contribution >= 0.6 is 0 Å². The third-order valence-electron chi connectivity index (χ3n) is 3.41. The lowest BCUT2D eigenvalue weighted by Gasteiger charge is -2.30. The molecule has 0 bridgehead atoms. The lowest BCUT2D eigenvalue weighted by Crippen LogP contribution is -2.40. The van der Waals surface area contributed by atoms with E-state index in [0.717, 1.165) is 19.4 Å². The lowest BCUT2D eigenvalue weighted by atomic mass is 9.94. The van der Waals surface area contributed by atoms with Crippen molar-refractivity contribution in [3.8, 4) is 0 Å². The largest absolute Gasteiger partial charge is 0.338 e. The minimum Gasteiger partial charge on any atom is -0.338 e. The van der Waals surface area contributed by atoms with Crippen LogP contribution in [-0.4, -0.2) is 29.4 Å². The summed E-state index contributed by atoms with van der Waals surface area (Å²) in [6, 6.07) is 0.408. The quantitative estimate of drug-likeness (QED) is 0.741. The molecule has 2 atom stereocenters. The van der Waals surface area contributed by atoms with Crippen LogP contribution in [0, 0.1) is 5.92 Å². The van der Waals surface area contributed by atoms with Gasteiger partial charge in [-0.3, -0.25) is 4.79 Å². The summed E-state index contributed by atoms with van der Waals surface area (Å²) in [5.41, 5.74) is 5.77. The zero-order valence-electron chi connectivity index (χ0n) is 9.49. The number of likely N-dealkylation sites (tertiary alicyclic amines) is 1. The Morgan fingerprint density at radius 3 is 2.43 bits per heavy atom. The van der Waals surface area contributed by atoms with E-state index in [0.29, 0.717) is 18.4 Å². The fraction of sp³-hybridized carbons (Fsp3) is 0.909. The highest BCUT2D eigenvalue weighted by Crippen LogP contribution is 2.22. The van der Waals surface area contributed by atoms with Crippen LogP contribution in [0.25, 0.3) is 0 Å². The van der Waals surface area contributed by atoms with Crippen molar-refractivity contribution in [3.63, 3.8) is 0 Å². The van der Waals surface area contributed by atoms with Crippen LogP contribution in [0.1, 0.15) is 40.0 Å². The van der Waals surface area contributed by atoms with Gasteiger partial charge in [0.2, 0.25) is 5.91 Å². The second kappa shape index (κ2) is 4.78. The predicted molar refractivity (Wildman–Crippen MR) is 57.8 cm³/mol. The van der Waals surface area contributed by atoms with Crippen molar-refractivity contribution in [1.29, 1.82) is 0 Å². The van der Waals surface area contributed by atoms with Gasteiger partial charge in [-0.1, -0.05) is 26.7 Å². The van der Waals surface area contributed by atoms with Crippen LogP contribution in [0.3, 0.4) is 0 Å². The van der Waals surface area contributed by atoms with Crippen molar-refractivity contribution in [3.05, 3.63) is 0 Å². The molecule has 0 saturated carbocycles. The third kappa shape index (κ3) is 2.27. The Bertz CT molecular complexity index is 201. The first-order valence-electron chi connectivity index (χ1n) is 5.65. The van der Waals surface area contributed by atoms with Gasteiger partial charge in [0.1, 0.15) is 0 Å². The first-order valence-corrected chi connectivity index (χ1v) is 5.65. The number of carbonyl (C=O) groups excluding carboxylic acids is 1. The highest BCUT2D eigenvalue weighted by Gasteiger charge is 2.32. The maximum absolute atomic E-state index is 11.6. The Morgan fingerprint density at radius 1 is 1.50 bits per heavy atom. The van der Waals surface area contributed by atoms with Crippen LogP contribution < -0.4 is 5.73 Å². The normalized spacial score (nSPS) is 24.8. The van der Waals surface area contributed by atoms with Crippen molar-refractivity contribution in [2.24, 2.45) is 11.7 Å². The summed E-state index contributed by atoms with van der Waals surface area (Å²) < 4.78 is 0. The second-order valence-electron chi connectivity index (χ2n) is 4.33. The van der Waals surface area contributed by atoms with E-state index in [2.05, 4.69) is 20.8 Å². The first-order chi connectivity index (χ1) is 6.60. The molecule has 82 valence electrons. The van der Waals surface area contributed by atoms with E-state index in [1.807, 2.05) is 4.90 Å². The summed E-state index contributed by atoms with van der Waals surface area (Å²) >= 11 is 0. The van der Waals surface area contributed by atoms with Crippen molar-refractivity contribution < 1.29 is 4.79 Å². The summed E-state index contributed by atoms with van der Waals surface area (Å²) in [6.45, 7) is 7.26. The molecule has 1 fully saturated rings. The number of nitrogens with zero attached hydrogens (tertiary/aromatic N) is 1. The van der Waals surface area contributed by atoms with Gasteiger partial charge < -0.3 is 10.6 Å². The molecule has 1 aliphatic heterocycles. The highest BCUT2D eigenvalue weighted by atomic mass is 16.2. The Kier molecular flexibility index (Phi) is 3.93. The van der Waals surface area contributed by atoms with E-state index in [-0.39, 0.29) is 11.9 Å². The number of carbonyl (C=O) groups is 1. The smallest absolute Gasteiger partial charge is 0.224 e. The van der Waals surface area contributed by atoms with Gasteiger partial charge in [0.25, 0.3) is 0 Å². The first kappa shape index (κ1) is 11.5. The van der Waals surface area contributed by atoms with Gasteiger partial charge in [-0.15, -0.1) is 0 Å². The molecular formula is C11H22N2O. The maximum Gasteiger partial charge on any atom is 0.224 e. The Balaban J connectivity index is 2.59. The Labute approximate surface area is 86.6 Å². The third-order valence-corrected chi connectivity index (χ3v) is 3.41. The summed E-state index contributed by atoms with van der Waals surface area (Å²) in [5.74, 6) is 0.848. The molecule has 0 aromatic carbocycles. The van der Waals surface area contributed by atoms with E-state index in [1.54, 1.807) is 0 Å². The molecule has 2 N–H and O–H groups in total. The van der Waals surface area contributed by atoms with Crippen molar-refractivity contribution in [2.45, 2.75) is 52.1 Å². The van der Waals surface area contributed by atoms with E-state index in [9.17, 15) is 4.79 Å². The van der Waals surface area contributed by atoms with E-state index < -0.39 is 0 Å². The molecule has 0 aromatic rings. The summed E-state index contributed by atoms with van der Waals surface area (Å²) in [4.78, 5) is 13.6. The number of hydrogen-bond acceptors (Lipinski definition) is 2. The van der Waals surface area contributed by atoms with Crippen molar-refractivity contribution >= 4 is 5.91 Å². The standard InChI is InChI=1S/C11H22N2O/c1-4-9(5-2)8(3)13-7-10(12)6-11(13)14/h8-10H,4-7,12H2,1-3H3. The van der Waals surface area contributed by atoms with E-state index >= 15 is 0 Å². The predicted octanol–water partition coefficient (Wildman–Crippen LogP) is 1.37. The minimum absolute atomic E-state index is 0.0549. The summed E-state index contributed by atoms with van der Waals surface area (Å²) in [6.07, 6.45) is 2.80. The average Bonchev–Trinajstić information content (AvgIpc) is 2.47. The van der Waals surface area contributed by atoms with Crippen molar-refractivity contribution in [1.82, 2.24) is 4.90 Å². The van der Waals surface area contributed by atoms with E-state index in [1.165, 1.54) is 0 Å². The second-order valence-corrected chi connectivity index (χ2v) is 4.33. The molecule has 0 aromatic heterocycles. The zero-order chi connectivity index (χ0) is 10.7. The molecule has 0 radical (unpaired) electrons. The van der Waals surface area contributed by atoms with Gasteiger partial charge in [0, 0.05) is 25.0 Å². The van der Waals surface area contributed by atoms with E-state index in [4.69, 9.17) is 5.73 Å². The molecule has 3 nitrogen and oxygen atoms in total. The number of rotatable bonds is 4. The SMILES string of the molecule is CCC(CC)C(C)N1CC(N)CC1=O. The number of amides is 1. The molecule has 3 heteroatoms. The highest BCUT2D eigenvalue weighted by molar-refractivity contribution is 5.79. The van der Waals surface area contributed by atoms with Crippen LogP contribution in [0.15, 0.2) is 0 Å². The lowest BCUT2D eigenvalue weighted by molar-refractivity contribution is -0.130. The van der Waals surface area contributed by atoms with Gasteiger partial charge in [-0.2, -0.15) is 0 Å². The van der Waals surface area contributed by atoms with Crippen LogP contribution in [-0.2, 0) is 4.79 Å². The van der Waals surface area contributed by atoms with Gasteiger partial charge in [-0.25, -0.2) is 0 Å². The minimum atomic E-state index is 0.0549. The van der Waals surface area contributed by atoms with Gasteiger partial charge in [-0.05, 0) is 12.8 Å². The fourth-order valence-electron chi connectivity index (χ4n) is 2.38.